The Bertz CT molecular complexity index is 171. The van der Waals surface area contributed by atoms with Crippen LogP contribution in [0.2, 0.25) is 0 Å². The third-order valence-corrected chi connectivity index (χ3v) is 3.92. The highest BCUT2D eigenvalue weighted by Gasteiger charge is 2.17. The smallest absolute Gasteiger partial charge is 0.0110 e. The molecule has 2 aliphatic rings. The van der Waals surface area contributed by atoms with Gasteiger partial charge in [-0.3, -0.25) is 9.80 Å². The highest BCUT2D eigenvalue weighted by atomic mass is 15.3. The van der Waals surface area contributed by atoms with Crippen molar-refractivity contribution >= 4 is 0 Å². The zero-order valence-corrected chi connectivity index (χ0v) is 10.9. The molecule has 2 rings (SSSR count). The molecule has 2 heterocycles. The lowest BCUT2D eigenvalue weighted by Gasteiger charge is -2.36. The molecule has 0 radical (unpaired) electrons. The highest BCUT2D eigenvalue weighted by Crippen LogP contribution is 2.02. The van der Waals surface area contributed by atoms with Crippen molar-refractivity contribution in [3.05, 3.63) is 0 Å². The lowest BCUT2D eigenvalue weighted by molar-refractivity contribution is 0.111. The lowest BCUT2D eigenvalue weighted by atomic mass is 10.3. The van der Waals surface area contributed by atoms with E-state index in [1.165, 1.54) is 65.4 Å². The molecule has 0 bridgehead atoms. The number of hydrogen-bond donors (Lipinski definition) is 0. The van der Waals surface area contributed by atoms with Gasteiger partial charge in [0.15, 0.2) is 0 Å². The van der Waals surface area contributed by atoms with Crippen molar-refractivity contribution in [2.75, 3.05) is 79.5 Å². The number of hydrogen-bond acceptors (Lipinski definition) is 4. The quantitative estimate of drug-likeness (QED) is 0.642. The number of rotatable bonds is 3. The van der Waals surface area contributed by atoms with Crippen LogP contribution < -0.4 is 0 Å². The van der Waals surface area contributed by atoms with Gasteiger partial charge in [0.25, 0.3) is 0 Å². The Morgan fingerprint density at radius 2 is 0.875 bits per heavy atom. The lowest BCUT2D eigenvalue weighted by Crippen LogP contribution is -2.50. The van der Waals surface area contributed by atoms with E-state index in [1.54, 1.807) is 0 Å². The van der Waals surface area contributed by atoms with Gasteiger partial charge in [0, 0.05) is 65.4 Å². The van der Waals surface area contributed by atoms with Crippen LogP contribution in [0.25, 0.3) is 0 Å². The summed E-state index contributed by atoms with van der Waals surface area (Å²) in [6.07, 6.45) is 0. The summed E-state index contributed by atoms with van der Waals surface area (Å²) in [6.45, 7) is 12.5. The first-order chi connectivity index (χ1) is 7.74. The van der Waals surface area contributed by atoms with E-state index in [9.17, 15) is 0 Å². The fourth-order valence-electron chi connectivity index (χ4n) is 2.43. The number of likely N-dealkylation sites (N-methyl/N-ethyl adjacent to an activating group) is 2. The van der Waals surface area contributed by atoms with Crippen molar-refractivity contribution in [1.29, 1.82) is 0 Å². The van der Waals surface area contributed by atoms with Crippen molar-refractivity contribution in [1.82, 2.24) is 19.6 Å². The Hall–Kier alpha value is -0.160. The summed E-state index contributed by atoms with van der Waals surface area (Å²) in [5, 5.41) is 0. The molecule has 0 N–H and O–H groups in total. The average molecular weight is 226 g/mol. The predicted octanol–water partition coefficient (Wildman–Crippen LogP) is -0.519. The molecule has 4 nitrogen and oxygen atoms in total. The Morgan fingerprint density at radius 1 is 0.562 bits per heavy atom. The minimum atomic E-state index is 1.24. The Kier molecular flexibility index (Phi) is 4.58. The fourth-order valence-corrected chi connectivity index (χ4v) is 2.43. The molecule has 2 aliphatic heterocycles. The van der Waals surface area contributed by atoms with Crippen LogP contribution in [-0.2, 0) is 0 Å². The molecule has 0 aliphatic carbocycles. The fraction of sp³-hybridized carbons (Fsp3) is 1.00. The van der Waals surface area contributed by atoms with Crippen molar-refractivity contribution in [2.24, 2.45) is 0 Å². The summed E-state index contributed by atoms with van der Waals surface area (Å²) in [5.74, 6) is 0. The Morgan fingerprint density at radius 3 is 1.19 bits per heavy atom. The predicted molar refractivity (Wildman–Crippen MR) is 67.9 cm³/mol. The second kappa shape index (κ2) is 5.96. The van der Waals surface area contributed by atoms with Crippen LogP contribution in [0.1, 0.15) is 0 Å². The van der Waals surface area contributed by atoms with Gasteiger partial charge in [0.05, 0.1) is 0 Å². The SMILES string of the molecule is CN1CCN(CCN2CCN(C)CC2)CC1. The molecule has 0 unspecified atom stereocenters. The molecule has 0 aromatic heterocycles. The molecule has 94 valence electrons. The van der Waals surface area contributed by atoms with E-state index in [4.69, 9.17) is 0 Å². The van der Waals surface area contributed by atoms with E-state index in [1.807, 2.05) is 0 Å². The van der Waals surface area contributed by atoms with E-state index in [-0.39, 0.29) is 0 Å². The first-order valence-corrected chi connectivity index (χ1v) is 6.56. The van der Waals surface area contributed by atoms with E-state index in [2.05, 4.69) is 33.7 Å². The molecule has 0 aromatic carbocycles. The van der Waals surface area contributed by atoms with Crippen molar-refractivity contribution in [3.63, 3.8) is 0 Å². The van der Waals surface area contributed by atoms with E-state index >= 15 is 0 Å². The average Bonchev–Trinajstić information content (AvgIpc) is 2.30. The van der Waals surface area contributed by atoms with Gasteiger partial charge < -0.3 is 9.80 Å². The number of nitrogens with zero attached hydrogens (tertiary/aromatic N) is 4. The largest absolute Gasteiger partial charge is 0.304 e. The van der Waals surface area contributed by atoms with Gasteiger partial charge in [0.2, 0.25) is 0 Å². The molecular formula is C12H26N4. The topological polar surface area (TPSA) is 13.0 Å². The van der Waals surface area contributed by atoms with E-state index < -0.39 is 0 Å². The standard InChI is InChI=1S/C12H26N4/c1-13-3-7-15(8-4-13)11-12-16-9-5-14(2)6-10-16/h3-12H2,1-2H3. The first-order valence-electron chi connectivity index (χ1n) is 6.56. The minimum absolute atomic E-state index is 1.24. The summed E-state index contributed by atoms with van der Waals surface area (Å²) >= 11 is 0. The maximum atomic E-state index is 2.61. The molecule has 0 spiro atoms. The maximum absolute atomic E-state index is 2.61. The first kappa shape index (κ1) is 12.3. The van der Waals surface area contributed by atoms with Crippen LogP contribution in [0.4, 0.5) is 0 Å². The molecule has 0 aromatic rings. The van der Waals surface area contributed by atoms with Gasteiger partial charge in [-0.1, -0.05) is 0 Å². The molecule has 0 atom stereocenters. The van der Waals surface area contributed by atoms with Gasteiger partial charge in [0.1, 0.15) is 0 Å². The summed E-state index contributed by atoms with van der Waals surface area (Å²) in [7, 11) is 4.44. The van der Waals surface area contributed by atoms with E-state index in [0.29, 0.717) is 0 Å². The zero-order chi connectivity index (χ0) is 11.4. The number of piperazine rings is 2. The Balaban J connectivity index is 1.60. The highest BCUT2D eigenvalue weighted by molar-refractivity contribution is 4.73. The second-order valence-corrected chi connectivity index (χ2v) is 5.29. The van der Waals surface area contributed by atoms with Gasteiger partial charge in [-0.25, -0.2) is 0 Å². The van der Waals surface area contributed by atoms with Gasteiger partial charge in [-0.2, -0.15) is 0 Å². The molecule has 0 amide bonds. The summed E-state index contributed by atoms with van der Waals surface area (Å²) in [6, 6.07) is 0. The van der Waals surface area contributed by atoms with Crippen LogP contribution >= 0.6 is 0 Å². The Labute approximate surface area is 99.8 Å². The van der Waals surface area contributed by atoms with Crippen molar-refractivity contribution < 1.29 is 0 Å². The molecule has 16 heavy (non-hydrogen) atoms. The summed E-state index contributed by atoms with van der Waals surface area (Å²) in [4.78, 5) is 10.1. The van der Waals surface area contributed by atoms with Crippen LogP contribution in [0.15, 0.2) is 0 Å². The van der Waals surface area contributed by atoms with Crippen molar-refractivity contribution in [2.45, 2.75) is 0 Å². The molecule has 2 saturated heterocycles. The van der Waals surface area contributed by atoms with Gasteiger partial charge >= 0.3 is 0 Å². The summed E-state index contributed by atoms with van der Waals surface area (Å²) in [5.41, 5.74) is 0. The normalized spacial score (nSPS) is 27.4. The van der Waals surface area contributed by atoms with Gasteiger partial charge in [-0.15, -0.1) is 0 Å². The summed E-state index contributed by atoms with van der Waals surface area (Å²) < 4.78 is 0. The van der Waals surface area contributed by atoms with E-state index in [0.717, 1.165) is 0 Å². The monoisotopic (exact) mass is 226 g/mol. The van der Waals surface area contributed by atoms with Crippen LogP contribution in [-0.4, -0.2) is 99.1 Å². The molecule has 2 fully saturated rings. The molecular weight excluding hydrogens is 200 g/mol. The van der Waals surface area contributed by atoms with Crippen LogP contribution in [0.5, 0.6) is 0 Å². The molecule has 4 heteroatoms. The zero-order valence-electron chi connectivity index (χ0n) is 10.9. The second-order valence-electron chi connectivity index (χ2n) is 5.29. The molecule has 0 saturated carbocycles. The van der Waals surface area contributed by atoms with Crippen molar-refractivity contribution in [3.8, 4) is 0 Å². The van der Waals surface area contributed by atoms with Crippen LogP contribution in [0.3, 0.4) is 0 Å². The minimum Gasteiger partial charge on any atom is -0.304 e. The third kappa shape index (κ3) is 3.70. The third-order valence-electron chi connectivity index (χ3n) is 3.92. The maximum Gasteiger partial charge on any atom is 0.0110 e. The van der Waals surface area contributed by atoms with Gasteiger partial charge in [-0.05, 0) is 14.1 Å². The van der Waals surface area contributed by atoms with Crippen LogP contribution in [0, 0.1) is 0 Å².